The first-order chi connectivity index (χ1) is 13.1. The monoisotopic (exact) mass is 429 g/mol. The molecule has 0 atom stereocenters. The summed E-state index contributed by atoms with van der Waals surface area (Å²) >= 11 is 1.30. The molecule has 1 heterocycles. The van der Waals surface area contributed by atoms with Crippen LogP contribution in [0.25, 0.3) is 11.0 Å². The van der Waals surface area contributed by atoms with Crippen molar-refractivity contribution in [3.8, 4) is 0 Å². The van der Waals surface area contributed by atoms with Crippen LogP contribution >= 0.6 is 11.8 Å². The van der Waals surface area contributed by atoms with E-state index in [9.17, 15) is 21.6 Å². The molecule has 0 aliphatic heterocycles. The molecule has 10 heteroatoms. The average Bonchev–Trinajstić information content (AvgIpc) is 2.95. The Balaban J connectivity index is 1.93. The summed E-state index contributed by atoms with van der Waals surface area (Å²) in [6.07, 6.45) is -4.12. The normalized spacial score (nSPS) is 12.6. The van der Waals surface area contributed by atoms with Crippen LogP contribution in [0.1, 0.15) is 17.5 Å². The predicted molar refractivity (Wildman–Crippen MR) is 104 cm³/mol. The molecule has 0 saturated heterocycles. The van der Waals surface area contributed by atoms with Crippen LogP contribution in [-0.2, 0) is 22.7 Å². The number of sulfonamides is 1. The summed E-state index contributed by atoms with van der Waals surface area (Å²) in [6, 6.07) is 13.0. The molecule has 2 aromatic carbocycles. The smallest absolute Gasteiger partial charge is 0.314 e. The largest absolute Gasteiger partial charge is 0.416 e. The van der Waals surface area contributed by atoms with Gasteiger partial charge in [0.05, 0.1) is 28.9 Å². The van der Waals surface area contributed by atoms with E-state index in [0.29, 0.717) is 29.4 Å². The lowest BCUT2D eigenvalue weighted by Gasteiger charge is -2.10. The number of nitrogens with two attached hydrogens (primary N) is 1. The van der Waals surface area contributed by atoms with E-state index in [2.05, 4.69) is 4.98 Å². The Bertz CT molecular complexity index is 1060. The highest BCUT2D eigenvalue weighted by Gasteiger charge is 2.31. The van der Waals surface area contributed by atoms with Crippen molar-refractivity contribution in [3.05, 3.63) is 59.7 Å². The average molecular weight is 429 g/mol. The summed E-state index contributed by atoms with van der Waals surface area (Å²) in [5.74, 6) is 0.276. The van der Waals surface area contributed by atoms with Crippen molar-refractivity contribution in [2.24, 2.45) is 5.14 Å². The second-order valence-corrected chi connectivity index (χ2v) is 9.03. The van der Waals surface area contributed by atoms with Crippen LogP contribution in [0.5, 0.6) is 0 Å². The van der Waals surface area contributed by atoms with Crippen LogP contribution < -0.4 is 5.14 Å². The first kappa shape index (κ1) is 20.7. The maximum atomic E-state index is 13.0. The highest BCUT2D eigenvalue weighted by Crippen LogP contribution is 2.33. The standard InChI is InChI=1S/C18H18F3N3O2S2/c19-18(20,21)14-7-8-16-15(11-14)23-17(27-9-4-10-28(22,25)26)24(16)12-13-5-2-1-3-6-13/h1-3,5-8,11H,4,9-10,12H2,(H2,22,25,26). The van der Waals surface area contributed by atoms with Gasteiger partial charge in [0.2, 0.25) is 10.0 Å². The van der Waals surface area contributed by atoms with Crippen molar-refractivity contribution in [2.75, 3.05) is 11.5 Å². The van der Waals surface area contributed by atoms with Gasteiger partial charge in [0.25, 0.3) is 0 Å². The molecule has 0 saturated carbocycles. The number of primary sulfonamides is 1. The van der Waals surface area contributed by atoms with Crippen LogP contribution in [0, 0.1) is 0 Å². The molecule has 3 aromatic rings. The van der Waals surface area contributed by atoms with Crippen molar-refractivity contribution >= 4 is 32.8 Å². The number of aromatic nitrogens is 2. The Labute approximate surface area is 164 Å². The number of thioether (sulfide) groups is 1. The molecule has 5 nitrogen and oxygen atoms in total. The van der Waals surface area contributed by atoms with Gasteiger partial charge < -0.3 is 4.57 Å². The minimum absolute atomic E-state index is 0.156. The van der Waals surface area contributed by atoms with E-state index in [1.807, 2.05) is 34.9 Å². The van der Waals surface area contributed by atoms with Crippen molar-refractivity contribution < 1.29 is 21.6 Å². The van der Waals surface area contributed by atoms with E-state index >= 15 is 0 Å². The molecular formula is C18H18F3N3O2S2. The molecule has 0 unspecified atom stereocenters. The fourth-order valence-corrected chi connectivity index (χ4v) is 4.42. The van der Waals surface area contributed by atoms with Gasteiger partial charge >= 0.3 is 6.18 Å². The summed E-state index contributed by atoms with van der Waals surface area (Å²) in [7, 11) is -3.55. The predicted octanol–water partition coefficient (Wildman–Crippen LogP) is 3.87. The molecule has 28 heavy (non-hydrogen) atoms. The van der Waals surface area contributed by atoms with Crippen LogP contribution in [0.3, 0.4) is 0 Å². The fourth-order valence-electron chi connectivity index (χ4n) is 2.74. The quantitative estimate of drug-likeness (QED) is 0.457. The molecule has 1 aromatic heterocycles. The highest BCUT2D eigenvalue weighted by molar-refractivity contribution is 7.99. The Morgan fingerprint density at radius 3 is 2.46 bits per heavy atom. The molecule has 0 amide bonds. The van der Waals surface area contributed by atoms with Gasteiger partial charge in [-0.2, -0.15) is 13.2 Å². The van der Waals surface area contributed by atoms with Crippen LogP contribution in [0.2, 0.25) is 0 Å². The van der Waals surface area contributed by atoms with Gasteiger partial charge in [-0.3, -0.25) is 0 Å². The zero-order valence-electron chi connectivity index (χ0n) is 14.7. The van der Waals surface area contributed by atoms with E-state index in [-0.39, 0.29) is 11.3 Å². The summed E-state index contributed by atoms with van der Waals surface area (Å²) in [4.78, 5) is 4.36. The second-order valence-electron chi connectivity index (χ2n) is 6.24. The molecule has 0 fully saturated rings. The summed E-state index contributed by atoms with van der Waals surface area (Å²) < 4.78 is 63.0. The highest BCUT2D eigenvalue weighted by atomic mass is 32.2. The molecular weight excluding hydrogens is 411 g/mol. The van der Waals surface area contributed by atoms with E-state index in [1.54, 1.807) is 0 Å². The zero-order chi connectivity index (χ0) is 20.4. The van der Waals surface area contributed by atoms with Gasteiger partial charge in [-0.15, -0.1) is 0 Å². The van der Waals surface area contributed by atoms with Gasteiger partial charge in [0.1, 0.15) is 0 Å². The number of halogens is 3. The van der Waals surface area contributed by atoms with Crippen molar-refractivity contribution in [1.29, 1.82) is 0 Å². The zero-order valence-corrected chi connectivity index (χ0v) is 16.3. The van der Waals surface area contributed by atoms with Gasteiger partial charge in [0.15, 0.2) is 5.16 Å². The van der Waals surface area contributed by atoms with E-state index in [4.69, 9.17) is 5.14 Å². The van der Waals surface area contributed by atoms with E-state index in [0.717, 1.165) is 17.7 Å². The number of hydrogen-bond acceptors (Lipinski definition) is 4. The van der Waals surface area contributed by atoms with Crippen LogP contribution in [0.4, 0.5) is 13.2 Å². The number of rotatable bonds is 7. The fraction of sp³-hybridized carbons (Fsp3) is 0.278. The van der Waals surface area contributed by atoms with Crippen molar-refractivity contribution in [3.63, 3.8) is 0 Å². The minimum atomic E-state index is -4.44. The Hall–Kier alpha value is -2.04. The lowest BCUT2D eigenvalue weighted by atomic mass is 10.2. The molecule has 0 bridgehead atoms. The third-order valence-electron chi connectivity index (χ3n) is 4.03. The maximum Gasteiger partial charge on any atom is 0.416 e. The molecule has 0 radical (unpaired) electrons. The summed E-state index contributed by atoms with van der Waals surface area (Å²) in [6.45, 7) is 0.445. The number of alkyl halides is 3. The van der Waals surface area contributed by atoms with Crippen molar-refractivity contribution in [1.82, 2.24) is 9.55 Å². The third kappa shape index (κ3) is 5.27. The number of nitrogens with zero attached hydrogens (tertiary/aromatic N) is 2. The molecule has 0 aliphatic rings. The molecule has 0 aliphatic carbocycles. The van der Waals surface area contributed by atoms with Gasteiger partial charge in [-0.25, -0.2) is 18.5 Å². The third-order valence-corrected chi connectivity index (χ3v) is 5.95. The minimum Gasteiger partial charge on any atom is -0.314 e. The Morgan fingerprint density at radius 1 is 1.11 bits per heavy atom. The lowest BCUT2D eigenvalue weighted by molar-refractivity contribution is -0.137. The van der Waals surface area contributed by atoms with Crippen LogP contribution in [0.15, 0.2) is 53.7 Å². The lowest BCUT2D eigenvalue weighted by Crippen LogP contribution is -2.16. The SMILES string of the molecule is NS(=O)(=O)CCCSc1nc2cc(C(F)(F)F)ccc2n1Cc1ccccc1. The van der Waals surface area contributed by atoms with E-state index in [1.165, 1.54) is 17.8 Å². The van der Waals surface area contributed by atoms with Gasteiger partial charge in [-0.1, -0.05) is 42.1 Å². The number of fused-ring (bicyclic) bond motifs is 1. The molecule has 2 N–H and O–H groups in total. The molecule has 3 rings (SSSR count). The van der Waals surface area contributed by atoms with Gasteiger partial charge in [-0.05, 0) is 30.2 Å². The second kappa shape index (κ2) is 8.14. The number of imidazole rings is 1. The first-order valence-electron chi connectivity index (χ1n) is 8.38. The molecule has 150 valence electrons. The maximum absolute atomic E-state index is 13.0. The summed E-state index contributed by atoms with van der Waals surface area (Å²) in [5, 5.41) is 5.54. The molecule has 0 spiro atoms. The topological polar surface area (TPSA) is 78.0 Å². The van der Waals surface area contributed by atoms with Crippen molar-refractivity contribution in [2.45, 2.75) is 24.3 Å². The first-order valence-corrected chi connectivity index (χ1v) is 11.1. The Kier molecular flexibility index (Phi) is 6.01. The number of benzene rings is 2. The summed E-state index contributed by atoms with van der Waals surface area (Å²) in [5.41, 5.74) is 1.06. The van der Waals surface area contributed by atoms with E-state index < -0.39 is 21.8 Å². The number of hydrogen-bond donors (Lipinski definition) is 1. The Morgan fingerprint density at radius 2 is 1.82 bits per heavy atom. The van der Waals surface area contributed by atoms with Gasteiger partial charge in [0, 0.05) is 5.75 Å². The van der Waals surface area contributed by atoms with Crippen LogP contribution in [-0.4, -0.2) is 29.5 Å².